The molecule has 13 heavy (non-hydrogen) atoms. The van der Waals surface area contributed by atoms with Crippen molar-refractivity contribution >= 4 is 5.69 Å². The zero-order chi connectivity index (χ0) is 9.10. The lowest BCUT2D eigenvalue weighted by atomic mass is 9.85. The van der Waals surface area contributed by atoms with Crippen LogP contribution >= 0.6 is 0 Å². The third-order valence-corrected chi connectivity index (χ3v) is 2.69. The standard InChI is InChI=1S/C11H15NO/c13-11-6-4-10(5-7-11)12-8-9-2-1-3-9/h4-7,9,12-13H,1-3,8H2. The molecule has 0 bridgehead atoms. The van der Waals surface area contributed by atoms with Crippen LogP contribution in [0.4, 0.5) is 5.69 Å². The Bertz CT molecular complexity index is 264. The molecule has 2 heteroatoms. The van der Waals surface area contributed by atoms with Gasteiger partial charge in [0.2, 0.25) is 0 Å². The zero-order valence-corrected chi connectivity index (χ0v) is 7.66. The number of aromatic hydroxyl groups is 1. The maximum absolute atomic E-state index is 9.06. The van der Waals surface area contributed by atoms with E-state index in [1.54, 1.807) is 12.1 Å². The highest BCUT2D eigenvalue weighted by molar-refractivity contribution is 5.45. The molecule has 0 heterocycles. The van der Waals surface area contributed by atoms with Crippen molar-refractivity contribution in [3.8, 4) is 5.75 Å². The second-order valence-corrected chi connectivity index (χ2v) is 3.72. The zero-order valence-electron chi connectivity index (χ0n) is 7.66. The van der Waals surface area contributed by atoms with Crippen molar-refractivity contribution < 1.29 is 5.11 Å². The lowest BCUT2D eigenvalue weighted by Crippen LogP contribution is -2.20. The molecule has 0 saturated heterocycles. The van der Waals surface area contributed by atoms with Crippen LogP contribution < -0.4 is 5.32 Å². The Kier molecular flexibility index (Phi) is 2.39. The van der Waals surface area contributed by atoms with Crippen molar-refractivity contribution in [1.82, 2.24) is 0 Å². The van der Waals surface area contributed by atoms with Crippen LogP contribution in [0.2, 0.25) is 0 Å². The molecule has 70 valence electrons. The first kappa shape index (κ1) is 8.42. The molecule has 1 aliphatic carbocycles. The van der Waals surface area contributed by atoms with Gasteiger partial charge < -0.3 is 10.4 Å². The second-order valence-electron chi connectivity index (χ2n) is 3.72. The highest BCUT2D eigenvalue weighted by atomic mass is 16.3. The minimum atomic E-state index is 0.328. The molecule has 1 saturated carbocycles. The van der Waals surface area contributed by atoms with E-state index in [0.29, 0.717) is 5.75 Å². The molecule has 0 radical (unpaired) electrons. The Balaban J connectivity index is 1.83. The van der Waals surface area contributed by atoms with Crippen molar-refractivity contribution in [3.63, 3.8) is 0 Å². The lowest BCUT2D eigenvalue weighted by molar-refractivity contribution is 0.333. The number of rotatable bonds is 3. The average molecular weight is 177 g/mol. The Hall–Kier alpha value is -1.18. The molecule has 0 aliphatic heterocycles. The summed E-state index contributed by atoms with van der Waals surface area (Å²) in [5.41, 5.74) is 1.10. The summed E-state index contributed by atoms with van der Waals surface area (Å²) in [4.78, 5) is 0. The number of phenolic OH excluding ortho intramolecular Hbond substituents is 1. The molecule has 0 amide bonds. The molecule has 2 nitrogen and oxygen atoms in total. The number of hydrogen-bond donors (Lipinski definition) is 2. The first-order valence-electron chi connectivity index (χ1n) is 4.87. The number of anilines is 1. The summed E-state index contributed by atoms with van der Waals surface area (Å²) in [6.45, 7) is 1.07. The highest BCUT2D eigenvalue weighted by Gasteiger charge is 2.16. The van der Waals surface area contributed by atoms with Gasteiger partial charge in [-0.15, -0.1) is 0 Å². The van der Waals surface area contributed by atoms with E-state index in [1.165, 1.54) is 19.3 Å². The third-order valence-electron chi connectivity index (χ3n) is 2.69. The molecule has 2 N–H and O–H groups in total. The Morgan fingerprint density at radius 3 is 2.46 bits per heavy atom. The number of hydrogen-bond acceptors (Lipinski definition) is 2. The molecular weight excluding hydrogens is 162 g/mol. The normalized spacial score (nSPS) is 16.6. The molecule has 0 unspecified atom stereocenters. The number of benzene rings is 1. The van der Waals surface area contributed by atoms with Crippen LogP contribution in [0, 0.1) is 5.92 Å². The quantitative estimate of drug-likeness (QED) is 0.695. The van der Waals surface area contributed by atoms with Gasteiger partial charge in [0, 0.05) is 12.2 Å². The molecule has 1 aromatic carbocycles. The molecule has 2 rings (SSSR count). The first-order valence-corrected chi connectivity index (χ1v) is 4.87. The molecule has 0 aromatic heterocycles. The summed E-state index contributed by atoms with van der Waals surface area (Å²) < 4.78 is 0. The second kappa shape index (κ2) is 3.69. The van der Waals surface area contributed by atoms with Gasteiger partial charge in [0.1, 0.15) is 5.75 Å². The molecule has 0 spiro atoms. The van der Waals surface area contributed by atoms with Crippen LogP contribution in [-0.4, -0.2) is 11.7 Å². The van der Waals surface area contributed by atoms with Gasteiger partial charge in [-0.3, -0.25) is 0 Å². The SMILES string of the molecule is Oc1ccc(NCC2CCC2)cc1. The average Bonchev–Trinajstić information content (AvgIpc) is 2.05. The van der Waals surface area contributed by atoms with Crippen molar-refractivity contribution in [2.75, 3.05) is 11.9 Å². The maximum atomic E-state index is 9.06. The van der Waals surface area contributed by atoms with E-state index in [4.69, 9.17) is 5.11 Å². The monoisotopic (exact) mass is 177 g/mol. The van der Waals surface area contributed by atoms with Crippen LogP contribution in [0.5, 0.6) is 5.75 Å². The van der Waals surface area contributed by atoms with E-state index in [9.17, 15) is 0 Å². The Morgan fingerprint density at radius 2 is 1.92 bits per heavy atom. The first-order chi connectivity index (χ1) is 6.34. The summed E-state index contributed by atoms with van der Waals surface area (Å²) in [6, 6.07) is 7.24. The maximum Gasteiger partial charge on any atom is 0.115 e. The van der Waals surface area contributed by atoms with Crippen LogP contribution in [0.1, 0.15) is 19.3 Å². The van der Waals surface area contributed by atoms with Crippen molar-refractivity contribution in [2.24, 2.45) is 5.92 Å². The van der Waals surface area contributed by atoms with Gasteiger partial charge in [-0.2, -0.15) is 0 Å². The minimum absolute atomic E-state index is 0.328. The van der Waals surface area contributed by atoms with Gasteiger partial charge in [-0.05, 0) is 43.0 Å². The van der Waals surface area contributed by atoms with Crippen LogP contribution in [0.15, 0.2) is 24.3 Å². The van der Waals surface area contributed by atoms with Gasteiger partial charge in [0.05, 0.1) is 0 Å². The van der Waals surface area contributed by atoms with Gasteiger partial charge in [-0.1, -0.05) is 6.42 Å². The predicted molar refractivity (Wildman–Crippen MR) is 53.9 cm³/mol. The Morgan fingerprint density at radius 1 is 1.23 bits per heavy atom. The predicted octanol–water partition coefficient (Wildman–Crippen LogP) is 2.60. The van der Waals surface area contributed by atoms with Crippen molar-refractivity contribution in [1.29, 1.82) is 0 Å². The largest absolute Gasteiger partial charge is 0.508 e. The fourth-order valence-electron chi connectivity index (χ4n) is 1.54. The smallest absolute Gasteiger partial charge is 0.115 e. The van der Waals surface area contributed by atoms with E-state index in [2.05, 4.69) is 5.32 Å². The summed E-state index contributed by atoms with van der Waals surface area (Å²) in [5, 5.41) is 12.4. The highest BCUT2D eigenvalue weighted by Crippen LogP contribution is 2.26. The molecule has 1 aromatic rings. The van der Waals surface area contributed by atoms with E-state index in [-0.39, 0.29) is 0 Å². The van der Waals surface area contributed by atoms with Crippen molar-refractivity contribution in [2.45, 2.75) is 19.3 Å². The molecule has 1 aliphatic rings. The van der Waals surface area contributed by atoms with Gasteiger partial charge in [0.25, 0.3) is 0 Å². The van der Waals surface area contributed by atoms with E-state index in [0.717, 1.165) is 18.2 Å². The fraction of sp³-hybridized carbons (Fsp3) is 0.455. The van der Waals surface area contributed by atoms with Gasteiger partial charge in [0.15, 0.2) is 0 Å². The molecule has 0 atom stereocenters. The minimum Gasteiger partial charge on any atom is -0.508 e. The summed E-state index contributed by atoms with van der Waals surface area (Å²) in [6.07, 6.45) is 4.12. The summed E-state index contributed by atoms with van der Waals surface area (Å²) in [5.74, 6) is 1.20. The Labute approximate surface area is 78.6 Å². The molecular formula is C11H15NO. The lowest BCUT2D eigenvalue weighted by Gasteiger charge is -2.25. The summed E-state index contributed by atoms with van der Waals surface area (Å²) in [7, 11) is 0. The van der Waals surface area contributed by atoms with Crippen LogP contribution in [-0.2, 0) is 0 Å². The van der Waals surface area contributed by atoms with Crippen molar-refractivity contribution in [3.05, 3.63) is 24.3 Å². The fourth-order valence-corrected chi connectivity index (χ4v) is 1.54. The molecule has 1 fully saturated rings. The number of phenols is 1. The van der Waals surface area contributed by atoms with E-state index in [1.807, 2.05) is 12.1 Å². The van der Waals surface area contributed by atoms with E-state index < -0.39 is 0 Å². The van der Waals surface area contributed by atoms with Crippen LogP contribution in [0.25, 0.3) is 0 Å². The summed E-state index contributed by atoms with van der Waals surface area (Å²) >= 11 is 0. The third kappa shape index (κ3) is 2.14. The van der Waals surface area contributed by atoms with Crippen LogP contribution in [0.3, 0.4) is 0 Å². The topological polar surface area (TPSA) is 32.3 Å². The van der Waals surface area contributed by atoms with Gasteiger partial charge >= 0.3 is 0 Å². The van der Waals surface area contributed by atoms with Gasteiger partial charge in [-0.25, -0.2) is 0 Å². The van der Waals surface area contributed by atoms with E-state index >= 15 is 0 Å². The number of nitrogens with one attached hydrogen (secondary N) is 1.